The molecule has 0 aliphatic carbocycles. The predicted molar refractivity (Wildman–Crippen MR) is 85.3 cm³/mol. The fraction of sp³-hybridized carbons (Fsp3) is 0.467. The molecule has 0 aromatic heterocycles. The average molecular weight is 292 g/mol. The normalized spacial score (nSPS) is 12.0. The van der Waals surface area contributed by atoms with Crippen molar-refractivity contribution in [1.82, 2.24) is 5.32 Å². The Morgan fingerprint density at radius 3 is 2.67 bits per heavy atom. The number of nitrogens with one attached hydrogen (secondary N) is 2. The average Bonchev–Trinajstić information content (AvgIpc) is 2.36. The molecule has 116 valence electrons. The van der Waals surface area contributed by atoms with Gasteiger partial charge in [0.05, 0.1) is 0 Å². The molecule has 1 aromatic carbocycles. The maximum atomic E-state index is 11.8. The van der Waals surface area contributed by atoms with Gasteiger partial charge in [0.15, 0.2) is 0 Å². The maximum Gasteiger partial charge on any atom is 0.414 e. The van der Waals surface area contributed by atoms with Crippen LogP contribution in [0.4, 0.5) is 10.5 Å². The van der Waals surface area contributed by atoms with Gasteiger partial charge in [0, 0.05) is 18.8 Å². The summed E-state index contributed by atoms with van der Waals surface area (Å²) >= 11 is 0. The molecule has 0 bridgehead atoms. The van der Waals surface area contributed by atoms with Crippen molar-refractivity contribution in [2.45, 2.75) is 39.8 Å². The molecule has 6 nitrogen and oxygen atoms in total. The zero-order valence-electron chi connectivity index (χ0n) is 13.1. The summed E-state index contributed by atoms with van der Waals surface area (Å²) in [5, 5.41) is 5.66. The number of benzene rings is 1. The first-order valence-electron chi connectivity index (χ1n) is 6.94. The van der Waals surface area contributed by atoms with E-state index >= 15 is 0 Å². The van der Waals surface area contributed by atoms with Crippen molar-refractivity contribution in [2.75, 3.05) is 11.9 Å². The number of anilines is 1. The van der Waals surface area contributed by atoms with Crippen LogP contribution in [-0.2, 0) is 11.3 Å². The van der Waals surface area contributed by atoms with E-state index in [2.05, 4.69) is 15.6 Å². The Balaban J connectivity index is 2.74. The summed E-state index contributed by atoms with van der Waals surface area (Å²) in [6.07, 6.45) is -0.544. The van der Waals surface area contributed by atoms with Crippen LogP contribution in [0.15, 0.2) is 29.3 Å². The molecule has 0 heterocycles. The molecule has 6 heteroatoms. The lowest BCUT2D eigenvalue weighted by molar-refractivity contribution is 0.0563. The van der Waals surface area contributed by atoms with E-state index in [4.69, 9.17) is 10.5 Å². The second-order valence-corrected chi connectivity index (χ2v) is 5.48. The highest BCUT2D eigenvalue weighted by molar-refractivity contribution is 6.02. The van der Waals surface area contributed by atoms with Crippen molar-refractivity contribution in [1.29, 1.82) is 0 Å². The lowest BCUT2D eigenvalue weighted by Crippen LogP contribution is -2.40. The third-order valence-electron chi connectivity index (χ3n) is 2.36. The van der Waals surface area contributed by atoms with Gasteiger partial charge in [-0.25, -0.2) is 4.79 Å². The minimum absolute atomic E-state index is 0.348. The molecule has 21 heavy (non-hydrogen) atoms. The molecule has 0 aliphatic rings. The number of carbonyl (C=O) groups is 1. The largest absolute Gasteiger partial charge is 0.444 e. The summed E-state index contributed by atoms with van der Waals surface area (Å²) in [5.74, 6) is 0.348. The smallest absolute Gasteiger partial charge is 0.414 e. The van der Waals surface area contributed by atoms with E-state index in [9.17, 15) is 4.79 Å². The van der Waals surface area contributed by atoms with Crippen LogP contribution in [0.1, 0.15) is 33.3 Å². The highest BCUT2D eigenvalue weighted by Crippen LogP contribution is 2.10. The monoisotopic (exact) mass is 292 g/mol. The summed E-state index contributed by atoms with van der Waals surface area (Å²) in [6.45, 7) is 8.29. The molecule has 0 unspecified atom stereocenters. The third kappa shape index (κ3) is 6.76. The number of hydrogen-bond donors (Lipinski definition) is 3. The fourth-order valence-electron chi connectivity index (χ4n) is 1.58. The van der Waals surface area contributed by atoms with E-state index in [1.54, 1.807) is 20.8 Å². The van der Waals surface area contributed by atoms with Gasteiger partial charge in [0.25, 0.3) is 0 Å². The second kappa shape index (κ2) is 7.64. The van der Waals surface area contributed by atoms with Crippen molar-refractivity contribution in [3.05, 3.63) is 29.8 Å². The first kappa shape index (κ1) is 17.0. The Morgan fingerprint density at radius 2 is 2.10 bits per heavy atom. The van der Waals surface area contributed by atoms with E-state index < -0.39 is 11.7 Å². The van der Waals surface area contributed by atoms with Gasteiger partial charge in [-0.2, -0.15) is 0 Å². The number of guanidine groups is 1. The molecular formula is C15H24N4O2. The van der Waals surface area contributed by atoms with Gasteiger partial charge in [0.1, 0.15) is 5.60 Å². The van der Waals surface area contributed by atoms with Crippen LogP contribution >= 0.6 is 0 Å². The Kier molecular flexibility index (Phi) is 6.17. The number of ether oxygens (including phenoxy) is 1. The van der Waals surface area contributed by atoms with Gasteiger partial charge in [0.2, 0.25) is 5.96 Å². The zero-order chi connectivity index (χ0) is 15.9. The molecule has 4 N–H and O–H groups in total. The number of amides is 1. The van der Waals surface area contributed by atoms with Crippen LogP contribution < -0.4 is 16.4 Å². The van der Waals surface area contributed by atoms with Crippen LogP contribution in [0, 0.1) is 0 Å². The molecule has 0 saturated carbocycles. The second-order valence-electron chi connectivity index (χ2n) is 5.48. The van der Waals surface area contributed by atoms with Crippen molar-refractivity contribution >= 4 is 17.7 Å². The lowest BCUT2D eigenvalue weighted by atomic mass is 10.2. The third-order valence-corrected chi connectivity index (χ3v) is 2.36. The molecular weight excluding hydrogens is 268 g/mol. The fourth-order valence-corrected chi connectivity index (χ4v) is 1.58. The molecule has 1 amide bonds. The molecule has 0 radical (unpaired) electrons. The van der Waals surface area contributed by atoms with Gasteiger partial charge in [-0.3, -0.25) is 10.3 Å². The first-order valence-corrected chi connectivity index (χ1v) is 6.94. The van der Waals surface area contributed by atoms with Crippen LogP contribution in [0.5, 0.6) is 0 Å². The van der Waals surface area contributed by atoms with Gasteiger partial charge < -0.3 is 15.8 Å². The number of carbonyl (C=O) groups excluding carboxylic acids is 1. The summed E-state index contributed by atoms with van der Waals surface area (Å²) in [7, 11) is 0. The lowest BCUT2D eigenvalue weighted by Gasteiger charge is -2.20. The molecule has 1 rings (SSSR count). The Morgan fingerprint density at radius 1 is 1.38 bits per heavy atom. The minimum atomic E-state index is -0.555. The number of rotatable bonds is 3. The molecule has 0 aliphatic heterocycles. The summed E-state index contributed by atoms with van der Waals surface area (Å²) in [5.41, 5.74) is 6.86. The van der Waals surface area contributed by atoms with Crippen molar-refractivity contribution in [2.24, 2.45) is 10.7 Å². The maximum absolute atomic E-state index is 11.8. The molecule has 0 saturated heterocycles. The van der Waals surface area contributed by atoms with Crippen LogP contribution in [-0.4, -0.2) is 24.2 Å². The molecule has 1 aromatic rings. The van der Waals surface area contributed by atoms with Gasteiger partial charge in [-0.1, -0.05) is 12.1 Å². The van der Waals surface area contributed by atoms with E-state index in [1.165, 1.54) is 0 Å². The van der Waals surface area contributed by atoms with E-state index in [0.717, 1.165) is 11.3 Å². The number of aliphatic imine (C=N–C) groups is 1. The SMILES string of the molecule is CCN=C(NC(=O)OC(C)(C)C)Nc1cccc(CN)c1. The highest BCUT2D eigenvalue weighted by Gasteiger charge is 2.17. The van der Waals surface area contributed by atoms with Gasteiger partial charge in [-0.05, 0) is 45.4 Å². The van der Waals surface area contributed by atoms with Crippen molar-refractivity contribution in [3.8, 4) is 0 Å². The number of alkyl carbamates (subject to hydrolysis) is 1. The molecule has 0 spiro atoms. The van der Waals surface area contributed by atoms with E-state index in [-0.39, 0.29) is 0 Å². The van der Waals surface area contributed by atoms with Crippen molar-refractivity contribution < 1.29 is 9.53 Å². The summed E-state index contributed by atoms with van der Waals surface area (Å²) in [6, 6.07) is 7.60. The number of nitrogens with zero attached hydrogens (tertiary/aromatic N) is 1. The van der Waals surface area contributed by atoms with E-state index in [1.807, 2.05) is 31.2 Å². The Bertz CT molecular complexity index is 507. The molecule has 0 atom stereocenters. The van der Waals surface area contributed by atoms with Gasteiger partial charge in [-0.15, -0.1) is 0 Å². The quantitative estimate of drug-likeness (QED) is 0.590. The summed E-state index contributed by atoms with van der Waals surface area (Å²) < 4.78 is 5.21. The Hall–Kier alpha value is -2.08. The van der Waals surface area contributed by atoms with E-state index in [0.29, 0.717) is 19.0 Å². The number of hydrogen-bond acceptors (Lipinski definition) is 4. The minimum Gasteiger partial charge on any atom is -0.444 e. The van der Waals surface area contributed by atoms with Crippen LogP contribution in [0.25, 0.3) is 0 Å². The Labute approximate surface area is 125 Å². The first-order chi connectivity index (χ1) is 9.84. The number of nitrogens with two attached hydrogens (primary N) is 1. The van der Waals surface area contributed by atoms with Crippen LogP contribution in [0.2, 0.25) is 0 Å². The zero-order valence-corrected chi connectivity index (χ0v) is 13.1. The molecule has 0 fully saturated rings. The summed E-state index contributed by atoms with van der Waals surface area (Å²) in [4.78, 5) is 16.0. The van der Waals surface area contributed by atoms with Crippen molar-refractivity contribution in [3.63, 3.8) is 0 Å². The highest BCUT2D eigenvalue weighted by atomic mass is 16.6. The van der Waals surface area contributed by atoms with Gasteiger partial charge >= 0.3 is 6.09 Å². The predicted octanol–water partition coefficient (Wildman–Crippen LogP) is 2.46. The topological polar surface area (TPSA) is 88.7 Å². The van der Waals surface area contributed by atoms with Crippen LogP contribution in [0.3, 0.4) is 0 Å². The standard InChI is InChI=1S/C15H24N4O2/c1-5-17-13(19-14(20)21-15(2,3)4)18-12-8-6-7-11(9-12)10-16/h6-9H,5,10,16H2,1-4H3,(H2,17,18,19,20).